The molecule has 168 valence electrons. The smallest absolute Gasteiger partial charge is 0.337 e. The Morgan fingerprint density at radius 1 is 1.03 bits per heavy atom. The molecule has 0 aliphatic rings. The van der Waals surface area contributed by atoms with Crippen LogP contribution in [0.5, 0.6) is 0 Å². The summed E-state index contributed by atoms with van der Waals surface area (Å²) in [6, 6.07) is 13.6. The van der Waals surface area contributed by atoms with Crippen molar-refractivity contribution in [2.24, 2.45) is 0 Å². The van der Waals surface area contributed by atoms with E-state index in [-0.39, 0.29) is 21.0 Å². The average Bonchev–Trinajstić information content (AvgIpc) is 2.77. The van der Waals surface area contributed by atoms with Gasteiger partial charge in [-0.05, 0) is 54.4 Å². The minimum atomic E-state index is -4.19. The van der Waals surface area contributed by atoms with Crippen molar-refractivity contribution in [3.05, 3.63) is 71.9 Å². The van der Waals surface area contributed by atoms with Crippen molar-refractivity contribution < 1.29 is 26.4 Å². The van der Waals surface area contributed by atoms with Crippen molar-refractivity contribution >= 4 is 31.5 Å². The van der Waals surface area contributed by atoms with E-state index in [9.17, 15) is 21.6 Å². The topological polar surface area (TPSA) is 119 Å². The molecular formula is C22H22N2O6S2. The number of anilines is 1. The van der Waals surface area contributed by atoms with Crippen molar-refractivity contribution in [2.45, 2.75) is 23.1 Å². The van der Waals surface area contributed by atoms with E-state index in [2.05, 4.69) is 9.71 Å². The lowest BCUT2D eigenvalue weighted by atomic mass is 10.1. The fraction of sp³-hybridized carbons (Fsp3) is 0.182. The molecule has 32 heavy (non-hydrogen) atoms. The molecule has 0 aliphatic heterocycles. The number of methoxy groups -OCH3 is 1. The van der Waals surface area contributed by atoms with E-state index >= 15 is 0 Å². The van der Waals surface area contributed by atoms with Crippen molar-refractivity contribution in [3.8, 4) is 11.3 Å². The second-order valence-electron chi connectivity index (χ2n) is 6.97. The molecule has 10 heteroatoms. The molecule has 3 aromatic rings. The number of ether oxygens (including phenoxy) is 1. The zero-order valence-electron chi connectivity index (χ0n) is 17.7. The van der Waals surface area contributed by atoms with Gasteiger partial charge in [-0.2, -0.15) is 0 Å². The van der Waals surface area contributed by atoms with Gasteiger partial charge in [0.1, 0.15) is 0 Å². The highest BCUT2D eigenvalue weighted by atomic mass is 32.2. The number of sulfone groups is 1. The summed E-state index contributed by atoms with van der Waals surface area (Å²) in [6.45, 7) is 1.79. The molecule has 1 N–H and O–H groups in total. The van der Waals surface area contributed by atoms with E-state index < -0.39 is 25.8 Å². The highest BCUT2D eigenvalue weighted by Crippen LogP contribution is 2.32. The first kappa shape index (κ1) is 23.4. The Morgan fingerprint density at radius 3 is 2.38 bits per heavy atom. The van der Waals surface area contributed by atoms with Crippen LogP contribution in [0.15, 0.2) is 70.6 Å². The quantitative estimate of drug-likeness (QED) is 0.522. The number of carbonyl (C=O) groups is 1. The van der Waals surface area contributed by atoms with Crippen LogP contribution in [0, 0.1) is 0 Å². The summed E-state index contributed by atoms with van der Waals surface area (Å²) in [5.41, 5.74) is 1.49. The predicted molar refractivity (Wildman–Crippen MR) is 121 cm³/mol. The van der Waals surface area contributed by atoms with Gasteiger partial charge in [0.15, 0.2) is 9.84 Å². The van der Waals surface area contributed by atoms with Gasteiger partial charge in [0.25, 0.3) is 10.0 Å². The van der Waals surface area contributed by atoms with Gasteiger partial charge in [0, 0.05) is 18.0 Å². The first-order valence-electron chi connectivity index (χ1n) is 9.56. The Balaban J connectivity index is 2.18. The molecule has 2 aromatic carbocycles. The Morgan fingerprint density at radius 2 is 1.78 bits per heavy atom. The predicted octanol–water partition coefficient (Wildman–Crippen LogP) is 3.30. The molecule has 0 unspecified atom stereocenters. The van der Waals surface area contributed by atoms with Crippen LogP contribution in [0.2, 0.25) is 0 Å². The lowest BCUT2D eigenvalue weighted by molar-refractivity contribution is 0.0600. The van der Waals surface area contributed by atoms with Crippen LogP contribution in [-0.2, 0) is 31.0 Å². The maximum Gasteiger partial charge on any atom is 0.337 e. The van der Waals surface area contributed by atoms with Crippen LogP contribution in [0.25, 0.3) is 11.3 Å². The monoisotopic (exact) mass is 474 g/mol. The molecule has 0 saturated carbocycles. The number of sulfonamides is 1. The Hall–Kier alpha value is -3.24. The maximum absolute atomic E-state index is 13.4. The van der Waals surface area contributed by atoms with E-state index in [1.807, 2.05) is 0 Å². The van der Waals surface area contributed by atoms with Crippen LogP contribution in [0.4, 0.5) is 5.69 Å². The molecule has 3 rings (SSSR count). The van der Waals surface area contributed by atoms with Crippen molar-refractivity contribution in [2.75, 3.05) is 18.1 Å². The molecule has 0 radical (unpaired) electrons. The average molecular weight is 475 g/mol. The van der Waals surface area contributed by atoms with E-state index in [1.54, 1.807) is 37.4 Å². The van der Waals surface area contributed by atoms with E-state index in [4.69, 9.17) is 4.74 Å². The Labute approximate surface area is 187 Å². The zero-order chi connectivity index (χ0) is 23.5. The minimum absolute atomic E-state index is 0.0473. The normalized spacial score (nSPS) is 11.7. The van der Waals surface area contributed by atoms with Crippen LogP contribution >= 0.6 is 0 Å². The number of aromatic nitrogens is 1. The summed E-state index contributed by atoms with van der Waals surface area (Å²) >= 11 is 0. The standard InChI is InChI=1S/C22H22N2O6S2/c1-4-15-8-9-16(22(25)30-2)13-21(15)32(28,29)24-20-14-17(31(3,26)27)10-11-18(20)19-7-5-6-12-23-19/h5-14,24H,4H2,1-3H3. The maximum atomic E-state index is 13.4. The lowest BCUT2D eigenvalue weighted by Crippen LogP contribution is -2.17. The molecule has 1 heterocycles. The number of hydrogen-bond donors (Lipinski definition) is 1. The number of hydrogen-bond acceptors (Lipinski definition) is 7. The fourth-order valence-corrected chi connectivity index (χ4v) is 5.18. The summed E-state index contributed by atoms with van der Waals surface area (Å²) < 4.78 is 58.1. The Kier molecular flexibility index (Phi) is 6.65. The number of esters is 1. The first-order valence-corrected chi connectivity index (χ1v) is 12.9. The molecule has 8 nitrogen and oxygen atoms in total. The minimum Gasteiger partial charge on any atom is -0.465 e. The summed E-state index contributed by atoms with van der Waals surface area (Å²) in [4.78, 5) is 16.0. The van der Waals surface area contributed by atoms with Gasteiger partial charge < -0.3 is 4.74 Å². The van der Waals surface area contributed by atoms with Gasteiger partial charge >= 0.3 is 5.97 Å². The fourth-order valence-electron chi connectivity index (χ4n) is 3.13. The summed E-state index contributed by atoms with van der Waals surface area (Å²) in [5.74, 6) is -0.669. The van der Waals surface area contributed by atoms with Gasteiger partial charge in [-0.3, -0.25) is 9.71 Å². The zero-order valence-corrected chi connectivity index (χ0v) is 19.3. The van der Waals surface area contributed by atoms with Crippen LogP contribution in [0.1, 0.15) is 22.8 Å². The summed E-state index contributed by atoms with van der Waals surface area (Å²) in [5, 5.41) is 0. The Bertz CT molecular complexity index is 1370. The molecule has 0 aliphatic carbocycles. The van der Waals surface area contributed by atoms with Crippen LogP contribution in [0.3, 0.4) is 0 Å². The molecule has 0 saturated heterocycles. The molecule has 0 fully saturated rings. The van der Waals surface area contributed by atoms with E-state index in [1.165, 1.54) is 37.4 Å². The van der Waals surface area contributed by atoms with E-state index in [0.29, 0.717) is 23.2 Å². The van der Waals surface area contributed by atoms with Gasteiger partial charge in [0.2, 0.25) is 0 Å². The number of benzene rings is 2. The second kappa shape index (κ2) is 9.09. The van der Waals surface area contributed by atoms with Crippen LogP contribution in [-0.4, -0.2) is 41.2 Å². The number of carbonyl (C=O) groups excluding carboxylic acids is 1. The van der Waals surface area contributed by atoms with Gasteiger partial charge in [0.05, 0.1) is 33.8 Å². The third-order valence-electron chi connectivity index (χ3n) is 4.76. The number of aryl methyl sites for hydroxylation is 1. The number of rotatable bonds is 7. The highest BCUT2D eigenvalue weighted by molar-refractivity contribution is 7.92. The lowest BCUT2D eigenvalue weighted by Gasteiger charge is -2.16. The van der Waals surface area contributed by atoms with Crippen molar-refractivity contribution in [3.63, 3.8) is 0 Å². The number of pyridine rings is 1. The van der Waals surface area contributed by atoms with Gasteiger partial charge in [-0.15, -0.1) is 0 Å². The number of nitrogens with zero attached hydrogens (tertiary/aromatic N) is 1. The van der Waals surface area contributed by atoms with Gasteiger partial charge in [-0.1, -0.05) is 19.1 Å². The van der Waals surface area contributed by atoms with Gasteiger partial charge in [-0.25, -0.2) is 21.6 Å². The first-order chi connectivity index (χ1) is 15.1. The highest BCUT2D eigenvalue weighted by Gasteiger charge is 2.23. The largest absolute Gasteiger partial charge is 0.465 e. The second-order valence-corrected chi connectivity index (χ2v) is 10.6. The third-order valence-corrected chi connectivity index (χ3v) is 7.32. The molecule has 0 amide bonds. The van der Waals surface area contributed by atoms with Crippen molar-refractivity contribution in [1.29, 1.82) is 0 Å². The number of nitrogens with one attached hydrogen (secondary N) is 1. The van der Waals surface area contributed by atoms with Crippen LogP contribution < -0.4 is 4.72 Å². The molecular weight excluding hydrogens is 452 g/mol. The third kappa shape index (κ3) is 4.97. The molecule has 0 atom stereocenters. The van der Waals surface area contributed by atoms with E-state index in [0.717, 1.165) is 6.26 Å². The summed E-state index contributed by atoms with van der Waals surface area (Å²) in [7, 11) is -6.58. The molecule has 0 spiro atoms. The van der Waals surface area contributed by atoms with Crippen molar-refractivity contribution in [1.82, 2.24) is 4.98 Å². The molecule has 0 bridgehead atoms. The molecule has 1 aromatic heterocycles. The SMILES string of the molecule is CCc1ccc(C(=O)OC)cc1S(=O)(=O)Nc1cc(S(C)(=O)=O)ccc1-c1ccccn1. The summed E-state index contributed by atoms with van der Waals surface area (Å²) in [6.07, 6.45) is 2.98.